The van der Waals surface area contributed by atoms with Gasteiger partial charge in [-0.1, -0.05) is 29.5 Å². The molecule has 0 aromatic carbocycles. The van der Waals surface area contributed by atoms with Crippen LogP contribution in [-0.4, -0.2) is 16.1 Å². The normalized spacial score (nSPS) is 41.7. The van der Waals surface area contributed by atoms with Crippen LogP contribution in [0.3, 0.4) is 0 Å². The van der Waals surface area contributed by atoms with Crippen LogP contribution in [0.4, 0.5) is 0 Å². The van der Waals surface area contributed by atoms with E-state index in [-0.39, 0.29) is 5.60 Å². The molecule has 60 valence electrons. The SMILES string of the molecule is CCC1(C)C[C@H](I)CCO1. The van der Waals surface area contributed by atoms with Crippen molar-refractivity contribution in [3.8, 4) is 0 Å². The molecule has 0 N–H and O–H groups in total. The predicted octanol–water partition coefficient (Wildman–Crippen LogP) is 2.77. The van der Waals surface area contributed by atoms with Crippen molar-refractivity contribution in [3.05, 3.63) is 0 Å². The van der Waals surface area contributed by atoms with E-state index in [9.17, 15) is 0 Å². The summed E-state index contributed by atoms with van der Waals surface area (Å²) in [7, 11) is 0. The lowest BCUT2D eigenvalue weighted by Gasteiger charge is -2.35. The molecule has 0 aromatic heterocycles. The number of hydrogen-bond acceptors (Lipinski definition) is 1. The molecular formula is C8H15IO. The molecule has 0 radical (unpaired) electrons. The van der Waals surface area contributed by atoms with E-state index in [1.165, 1.54) is 12.8 Å². The van der Waals surface area contributed by atoms with Crippen molar-refractivity contribution in [1.29, 1.82) is 0 Å². The summed E-state index contributed by atoms with van der Waals surface area (Å²) in [4.78, 5) is 0. The second kappa shape index (κ2) is 3.39. The average molecular weight is 254 g/mol. The Bertz CT molecular complexity index is 116. The molecule has 2 atom stereocenters. The van der Waals surface area contributed by atoms with Crippen LogP contribution in [0.2, 0.25) is 0 Å². The first-order valence-electron chi connectivity index (χ1n) is 3.94. The summed E-state index contributed by atoms with van der Waals surface area (Å²) in [5, 5.41) is 0. The third-order valence-electron chi connectivity index (χ3n) is 2.28. The fraction of sp³-hybridized carbons (Fsp3) is 1.00. The molecular weight excluding hydrogens is 239 g/mol. The number of rotatable bonds is 1. The van der Waals surface area contributed by atoms with E-state index in [1.54, 1.807) is 0 Å². The molecule has 10 heavy (non-hydrogen) atoms. The van der Waals surface area contributed by atoms with Gasteiger partial charge in [0, 0.05) is 10.5 Å². The topological polar surface area (TPSA) is 9.23 Å². The predicted molar refractivity (Wildman–Crippen MR) is 51.7 cm³/mol. The molecule has 0 saturated carbocycles. The molecule has 1 aliphatic rings. The van der Waals surface area contributed by atoms with E-state index in [4.69, 9.17) is 4.74 Å². The molecule has 0 aliphatic carbocycles. The maximum Gasteiger partial charge on any atom is 0.0661 e. The summed E-state index contributed by atoms with van der Waals surface area (Å²) in [5.74, 6) is 0. The monoisotopic (exact) mass is 254 g/mol. The van der Waals surface area contributed by atoms with Crippen LogP contribution in [-0.2, 0) is 4.74 Å². The lowest BCUT2D eigenvalue weighted by Crippen LogP contribution is -2.36. The van der Waals surface area contributed by atoms with E-state index in [2.05, 4.69) is 36.4 Å². The standard InChI is InChI=1S/C8H15IO/c1-3-8(2)6-7(9)4-5-10-8/h7H,3-6H2,1-2H3/t7-,8?/m1/s1. The summed E-state index contributed by atoms with van der Waals surface area (Å²) >= 11 is 2.53. The third-order valence-corrected chi connectivity index (χ3v) is 3.35. The van der Waals surface area contributed by atoms with Gasteiger partial charge >= 0.3 is 0 Å². The van der Waals surface area contributed by atoms with E-state index >= 15 is 0 Å². The van der Waals surface area contributed by atoms with Gasteiger partial charge in [-0.05, 0) is 26.2 Å². The molecule has 0 bridgehead atoms. The Morgan fingerprint density at radius 3 is 2.80 bits per heavy atom. The fourth-order valence-corrected chi connectivity index (χ4v) is 2.49. The highest BCUT2D eigenvalue weighted by molar-refractivity contribution is 14.1. The smallest absolute Gasteiger partial charge is 0.0661 e. The molecule has 1 fully saturated rings. The Morgan fingerprint density at radius 1 is 1.70 bits per heavy atom. The van der Waals surface area contributed by atoms with Crippen molar-refractivity contribution in [2.24, 2.45) is 0 Å². The van der Waals surface area contributed by atoms with Crippen LogP contribution < -0.4 is 0 Å². The van der Waals surface area contributed by atoms with Crippen LogP contribution in [0.1, 0.15) is 33.1 Å². The third kappa shape index (κ3) is 2.09. The molecule has 1 heterocycles. The Labute approximate surface area is 76.7 Å². The van der Waals surface area contributed by atoms with E-state index in [0.717, 1.165) is 17.0 Å². The largest absolute Gasteiger partial charge is 0.375 e. The van der Waals surface area contributed by atoms with Gasteiger partial charge in [0.05, 0.1) is 5.60 Å². The van der Waals surface area contributed by atoms with Gasteiger partial charge in [0.25, 0.3) is 0 Å². The van der Waals surface area contributed by atoms with Crippen molar-refractivity contribution in [2.45, 2.75) is 42.6 Å². The Kier molecular flexibility index (Phi) is 2.98. The highest BCUT2D eigenvalue weighted by atomic mass is 127. The zero-order valence-corrected chi connectivity index (χ0v) is 8.85. The number of halogens is 1. The van der Waals surface area contributed by atoms with Gasteiger partial charge in [-0.15, -0.1) is 0 Å². The quantitative estimate of drug-likeness (QED) is 0.516. The minimum atomic E-state index is 0.185. The lowest BCUT2D eigenvalue weighted by molar-refractivity contribution is -0.0627. The van der Waals surface area contributed by atoms with Crippen molar-refractivity contribution in [3.63, 3.8) is 0 Å². The van der Waals surface area contributed by atoms with Gasteiger partial charge in [-0.3, -0.25) is 0 Å². The summed E-state index contributed by atoms with van der Waals surface area (Å²) in [6.07, 6.45) is 3.60. The Balaban J connectivity index is 2.45. The van der Waals surface area contributed by atoms with Crippen molar-refractivity contribution < 1.29 is 4.74 Å². The summed E-state index contributed by atoms with van der Waals surface area (Å²) in [6.45, 7) is 5.38. The van der Waals surface area contributed by atoms with E-state index < -0.39 is 0 Å². The summed E-state index contributed by atoms with van der Waals surface area (Å²) < 4.78 is 6.51. The number of alkyl halides is 1. The number of ether oxygens (including phenoxy) is 1. The first-order valence-corrected chi connectivity index (χ1v) is 5.19. The molecule has 1 nitrogen and oxygen atoms in total. The van der Waals surface area contributed by atoms with Gasteiger partial charge in [0.1, 0.15) is 0 Å². The zero-order chi connectivity index (χ0) is 7.61. The minimum Gasteiger partial charge on any atom is -0.375 e. The Hall–Kier alpha value is 0.690. The fourth-order valence-electron chi connectivity index (χ4n) is 1.31. The van der Waals surface area contributed by atoms with Crippen LogP contribution in [0.25, 0.3) is 0 Å². The maximum atomic E-state index is 5.68. The summed E-state index contributed by atoms with van der Waals surface area (Å²) in [6, 6.07) is 0. The van der Waals surface area contributed by atoms with Crippen LogP contribution in [0.5, 0.6) is 0 Å². The molecule has 0 aromatic rings. The summed E-state index contributed by atoms with van der Waals surface area (Å²) in [5.41, 5.74) is 0.185. The van der Waals surface area contributed by atoms with Crippen molar-refractivity contribution >= 4 is 22.6 Å². The highest BCUT2D eigenvalue weighted by Crippen LogP contribution is 2.31. The van der Waals surface area contributed by atoms with Gasteiger partial charge < -0.3 is 4.74 Å². The second-order valence-electron chi connectivity index (χ2n) is 3.24. The molecule has 1 rings (SSSR count). The minimum absolute atomic E-state index is 0.185. The average Bonchev–Trinajstić information content (AvgIpc) is 1.88. The Morgan fingerprint density at radius 2 is 2.40 bits per heavy atom. The van der Waals surface area contributed by atoms with Gasteiger partial charge in [0.2, 0.25) is 0 Å². The molecule has 1 aliphatic heterocycles. The number of hydrogen-bond donors (Lipinski definition) is 0. The molecule has 2 heteroatoms. The van der Waals surface area contributed by atoms with Crippen LogP contribution in [0, 0.1) is 0 Å². The van der Waals surface area contributed by atoms with Gasteiger partial charge in [-0.2, -0.15) is 0 Å². The van der Waals surface area contributed by atoms with E-state index in [0.29, 0.717) is 0 Å². The zero-order valence-electron chi connectivity index (χ0n) is 6.69. The second-order valence-corrected chi connectivity index (χ2v) is 5.00. The van der Waals surface area contributed by atoms with Crippen molar-refractivity contribution in [1.82, 2.24) is 0 Å². The first-order chi connectivity index (χ1) is 4.66. The van der Waals surface area contributed by atoms with Gasteiger partial charge in [0.15, 0.2) is 0 Å². The van der Waals surface area contributed by atoms with Crippen LogP contribution >= 0.6 is 22.6 Å². The highest BCUT2D eigenvalue weighted by Gasteiger charge is 2.29. The molecule has 1 unspecified atom stereocenters. The molecule has 0 spiro atoms. The molecule has 1 saturated heterocycles. The first kappa shape index (κ1) is 8.78. The van der Waals surface area contributed by atoms with Crippen molar-refractivity contribution in [2.75, 3.05) is 6.61 Å². The van der Waals surface area contributed by atoms with E-state index in [1.807, 2.05) is 0 Å². The molecule has 0 amide bonds. The lowest BCUT2D eigenvalue weighted by atomic mass is 9.93. The van der Waals surface area contributed by atoms with Crippen LogP contribution in [0.15, 0.2) is 0 Å². The maximum absolute atomic E-state index is 5.68. The van der Waals surface area contributed by atoms with Gasteiger partial charge in [-0.25, -0.2) is 0 Å².